The average molecular weight is 315 g/mol. The van der Waals surface area contributed by atoms with Crippen molar-refractivity contribution in [2.75, 3.05) is 44.2 Å². The summed E-state index contributed by atoms with van der Waals surface area (Å²) in [6, 6.07) is 0.799. The molecule has 0 aromatic carbocycles. The van der Waals surface area contributed by atoms with E-state index in [-0.39, 0.29) is 5.54 Å². The molecule has 5 nitrogen and oxygen atoms in total. The van der Waals surface area contributed by atoms with Gasteiger partial charge in [0.15, 0.2) is 0 Å². The van der Waals surface area contributed by atoms with Gasteiger partial charge in [0.1, 0.15) is 9.84 Å². The predicted molar refractivity (Wildman–Crippen MR) is 85.1 cm³/mol. The van der Waals surface area contributed by atoms with Crippen molar-refractivity contribution in [1.82, 2.24) is 9.80 Å². The van der Waals surface area contributed by atoms with E-state index in [1.807, 2.05) is 0 Å². The van der Waals surface area contributed by atoms with Gasteiger partial charge in [-0.3, -0.25) is 9.80 Å². The fourth-order valence-electron chi connectivity index (χ4n) is 4.40. The maximum absolute atomic E-state index is 11.7. The van der Waals surface area contributed by atoms with Crippen LogP contribution in [0.1, 0.15) is 38.5 Å². The van der Waals surface area contributed by atoms with E-state index in [0.29, 0.717) is 18.1 Å². The van der Waals surface area contributed by atoms with E-state index in [1.165, 1.54) is 25.7 Å². The first-order chi connectivity index (χ1) is 10.0. The van der Waals surface area contributed by atoms with Crippen LogP contribution in [0.2, 0.25) is 0 Å². The average Bonchev–Trinajstić information content (AvgIpc) is 3.03. The van der Waals surface area contributed by atoms with Gasteiger partial charge in [0.05, 0.1) is 11.5 Å². The molecule has 0 bridgehead atoms. The molecule has 2 aliphatic heterocycles. The molecule has 0 unspecified atom stereocenters. The van der Waals surface area contributed by atoms with Gasteiger partial charge in [0.25, 0.3) is 0 Å². The zero-order valence-corrected chi connectivity index (χ0v) is 13.8. The molecule has 21 heavy (non-hydrogen) atoms. The van der Waals surface area contributed by atoms with Gasteiger partial charge < -0.3 is 5.73 Å². The van der Waals surface area contributed by atoms with Gasteiger partial charge in [-0.25, -0.2) is 8.42 Å². The Hall–Kier alpha value is -0.170. The smallest absolute Gasteiger partial charge is 0.150 e. The molecule has 0 atom stereocenters. The van der Waals surface area contributed by atoms with Gasteiger partial charge >= 0.3 is 0 Å². The van der Waals surface area contributed by atoms with Gasteiger partial charge in [0.2, 0.25) is 0 Å². The molecule has 1 aliphatic carbocycles. The van der Waals surface area contributed by atoms with E-state index in [9.17, 15) is 8.42 Å². The molecule has 3 aliphatic rings. The number of sulfone groups is 1. The van der Waals surface area contributed by atoms with Gasteiger partial charge in [-0.2, -0.15) is 0 Å². The summed E-state index contributed by atoms with van der Waals surface area (Å²) in [6.07, 6.45) is 6.93. The van der Waals surface area contributed by atoms with Crippen LogP contribution >= 0.6 is 0 Å². The third kappa shape index (κ3) is 3.28. The number of rotatable bonds is 3. The normalized spacial score (nSPS) is 31.5. The quantitative estimate of drug-likeness (QED) is 0.819. The number of hydrogen-bond acceptors (Lipinski definition) is 5. The standard InChI is InChI=1S/C15H29N3O2S/c16-13-15(5-11-21(19,20)12-6-15)18-9-7-17(8-10-18)14-3-1-2-4-14/h14H,1-13,16H2. The summed E-state index contributed by atoms with van der Waals surface area (Å²) in [6.45, 7) is 4.94. The Morgan fingerprint density at radius 2 is 1.57 bits per heavy atom. The molecular formula is C15H29N3O2S. The topological polar surface area (TPSA) is 66.6 Å². The second kappa shape index (κ2) is 6.14. The van der Waals surface area contributed by atoms with Crippen molar-refractivity contribution in [1.29, 1.82) is 0 Å². The molecule has 2 heterocycles. The largest absolute Gasteiger partial charge is 0.329 e. The molecule has 122 valence electrons. The Kier molecular flexibility index (Phi) is 4.60. The summed E-state index contributed by atoms with van der Waals surface area (Å²) in [5.74, 6) is 0.625. The van der Waals surface area contributed by atoms with Crippen molar-refractivity contribution in [2.24, 2.45) is 5.73 Å². The summed E-state index contributed by atoms with van der Waals surface area (Å²) in [4.78, 5) is 5.14. The molecule has 2 saturated heterocycles. The summed E-state index contributed by atoms with van der Waals surface area (Å²) < 4.78 is 23.4. The van der Waals surface area contributed by atoms with E-state index < -0.39 is 9.84 Å². The number of piperazine rings is 1. The lowest BCUT2D eigenvalue weighted by molar-refractivity contribution is 0.0161. The third-order valence-electron chi connectivity index (χ3n) is 5.96. The van der Waals surface area contributed by atoms with Gasteiger partial charge in [0, 0.05) is 44.3 Å². The van der Waals surface area contributed by atoms with Crippen molar-refractivity contribution in [2.45, 2.75) is 50.1 Å². The molecule has 0 aromatic heterocycles. The number of nitrogens with zero attached hydrogens (tertiary/aromatic N) is 2. The fourth-order valence-corrected chi connectivity index (χ4v) is 5.98. The summed E-state index contributed by atoms with van der Waals surface area (Å²) >= 11 is 0. The van der Waals surface area contributed by atoms with Crippen LogP contribution in [-0.4, -0.2) is 74.0 Å². The predicted octanol–water partition coefficient (Wildman–Crippen LogP) is 0.453. The highest BCUT2D eigenvalue weighted by Crippen LogP contribution is 2.31. The fraction of sp³-hybridized carbons (Fsp3) is 1.00. The lowest BCUT2D eigenvalue weighted by atomic mass is 9.89. The second-order valence-corrected chi connectivity index (χ2v) is 9.35. The van der Waals surface area contributed by atoms with E-state index >= 15 is 0 Å². The number of nitrogens with two attached hydrogens (primary N) is 1. The van der Waals surface area contributed by atoms with Crippen molar-refractivity contribution in [3.05, 3.63) is 0 Å². The Morgan fingerprint density at radius 1 is 1.00 bits per heavy atom. The van der Waals surface area contributed by atoms with Crippen LogP contribution < -0.4 is 5.73 Å². The minimum Gasteiger partial charge on any atom is -0.329 e. The molecule has 2 N–H and O–H groups in total. The highest BCUT2D eigenvalue weighted by Gasteiger charge is 2.42. The molecule has 0 spiro atoms. The Balaban J connectivity index is 1.59. The summed E-state index contributed by atoms with van der Waals surface area (Å²) in [5.41, 5.74) is 6.00. The maximum atomic E-state index is 11.7. The zero-order valence-electron chi connectivity index (χ0n) is 13.0. The lowest BCUT2D eigenvalue weighted by Crippen LogP contribution is -2.63. The highest BCUT2D eigenvalue weighted by atomic mass is 32.2. The first-order valence-corrected chi connectivity index (χ1v) is 10.3. The van der Waals surface area contributed by atoms with Crippen molar-refractivity contribution >= 4 is 9.84 Å². The van der Waals surface area contributed by atoms with Crippen LogP contribution in [0.5, 0.6) is 0 Å². The first-order valence-electron chi connectivity index (χ1n) is 8.44. The van der Waals surface area contributed by atoms with E-state index in [2.05, 4.69) is 9.80 Å². The SMILES string of the molecule is NCC1(N2CCN(C3CCCC3)CC2)CCS(=O)(=O)CC1. The molecule has 3 fully saturated rings. The molecule has 0 radical (unpaired) electrons. The first kappa shape index (κ1) is 15.7. The van der Waals surface area contributed by atoms with E-state index in [0.717, 1.165) is 45.1 Å². The van der Waals surface area contributed by atoms with Crippen molar-refractivity contribution < 1.29 is 8.42 Å². The third-order valence-corrected chi connectivity index (χ3v) is 7.62. The molecule has 6 heteroatoms. The number of hydrogen-bond donors (Lipinski definition) is 1. The molecule has 3 rings (SSSR count). The van der Waals surface area contributed by atoms with Gasteiger partial charge in [-0.05, 0) is 25.7 Å². The van der Waals surface area contributed by atoms with Crippen LogP contribution in [0, 0.1) is 0 Å². The van der Waals surface area contributed by atoms with Crippen molar-refractivity contribution in [3.63, 3.8) is 0 Å². The Bertz CT molecular complexity index is 438. The van der Waals surface area contributed by atoms with Crippen LogP contribution in [0.25, 0.3) is 0 Å². The minimum absolute atomic E-state index is 0.0624. The lowest BCUT2D eigenvalue weighted by Gasteiger charge is -2.50. The molecule has 0 amide bonds. The van der Waals surface area contributed by atoms with Gasteiger partial charge in [-0.1, -0.05) is 12.8 Å². The highest BCUT2D eigenvalue weighted by molar-refractivity contribution is 7.91. The molecule has 1 saturated carbocycles. The maximum Gasteiger partial charge on any atom is 0.150 e. The summed E-state index contributed by atoms with van der Waals surface area (Å²) in [7, 11) is -2.82. The summed E-state index contributed by atoms with van der Waals surface area (Å²) in [5, 5.41) is 0. The zero-order chi connectivity index (χ0) is 14.9. The van der Waals surface area contributed by atoms with Crippen LogP contribution in [-0.2, 0) is 9.84 Å². The van der Waals surface area contributed by atoms with Gasteiger partial charge in [-0.15, -0.1) is 0 Å². The molecular weight excluding hydrogens is 286 g/mol. The van der Waals surface area contributed by atoms with Crippen LogP contribution in [0.15, 0.2) is 0 Å². The van der Waals surface area contributed by atoms with E-state index in [1.54, 1.807) is 0 Å². The molecule has 0 aromatic rings. The monoisotopic (exact) mass is 315 g/mol. The minimum atomic E-state index is -2.82. The van der Waals surface area contributed by atoms with E-state index in [4.69, 9.17) is 5.73 Å². The van der Waals surface area contributed by atoms with Crippen molar-refractivity contribution in [3.8, 4) is 0 Å². The second-order valence-electron chi connectivity index (χ2n) is 7.04. The van der Waals surface area contributed by atoms with Crippen LogP contribution in [0.4, 0.5) is 0 Å². The Morgan fingerprint density at radius 3 is 2.10 bits per heavy atom. The van der Waals surface area contributed by atoms with Crippen LogP contribution in [0.3, 0.4) is 0 Å². The Labute approximate surface area is 128 Å².